The lowest BCUT2D eigenvalue weighted by Gasteiger charge is -2.21. The zero-order valence-electron chi connectivity index (χ0n) is 8.60. The molecule has 0 aromatic rings. The van der Waals surface area contributed by atoms with Crippen LogP contribution in [0, 0.1) is 11.8 Å². The molecule has 2 aliphatic rings. The van der Waals surface area contributed by atoms with Crippen LogP contribution in [0.1, 0.15) is 0 Å². The van der Waals surface area contributed by atoms with Gasteiger partial charge in [0.1, 0.15) is 0 Å². The van der Waals surface area contributed by atoms with Crippen molar-refractivity contribution in [2.24, 2.45) is 11.8 Å². The molecular weight excluding hydrogens is 198 g/mol. The minimum Gasteiger partial charge on any atom is -0.469 e. The monoisotopic (exact) mass is 211 g/mol. The average molecular weight is 211 g/mol. The Balaban J connectivity index is 2.24. The second kappa shape index (κ2) is 3.66. The minimum absolute atomic E-state index is 0.105. The van der Waals surface area contributed by atoms with Crippen LogP contribution in [0.4, 0.5) is 0 Å². The summed E-state index contributed by atoms with van der Waals surface area (Å²) in [4.78, 5) is 23.1. The standard InChI is InChI=1S/C10H13NO4/c1-14-9(12)7-5-3-4-6(11-5)8(7)10(13)15-2/h3-8,11H,1-2H3. The molecule has 5 nitrogen and oxygen atoms in total. The van der Waals surface area contributed by atoms with Crippen LogP contribution in [-0.2, 0) is 19.1 Å². The molecule has 2 bridgehead atoms. The first-order valence-electron chi connectivity index (χ1n) is 4.79. The Hall–Kier alpha value is -1.36. The lowest BCUT2D eigenvalue weighted by molar-refractivity contribution is -0.156. The van der Waals surface area contributed by atoms with E-state index in [2.05, 4.69) is 5.32 Å². The summed E-state index contributed by atoms with van der Waals surface area (Å²) in [6, 6.07) is -0.210. The Morgan fingerprint density at radius 1 is 1.00 bits per heavy atom. The number of rotatable bonds is 2. The molecule has 5 heteroatoms. The summed E-state index contributed by atoms with van der Waals surface area (Å²) in [5, 5.41) is 3.15. The highest BCUT2D eigenvalue weighted by molar-refractivity contribution is 5.85. The molecule has 2 heterocycles. The minimum atomic E-state index is -0.461. The van der Waals surface area contributed by atoms with E-state index in [-0.39, 0.29) is 24.0 Å². The molecule has 82 valence electrons. The van der Waals surface area contributed by atoms with E-state index in [1.807, 2.05) is 12.2 Å². The van der Waals surface area contributed by atoms with E-state index in [0.717, 1.165) is 0 Å². The number of hydrogen-bond acceptors (Lipinski definition) is 5. The summed E-state index contributed by atoms with van der Waals surface area (Å²) < 4.78 is 9.38. The number of carbonyl (C=O) groups is 2. The van der Waals surface area contributed by atoms with Gasteiger partial charge >= 0.3 is 11.9 Å². The SMILES string of the molecule is COC(=O)C1C2C=CC(N2)C1C(=O)OC. The summed E-state index contributed by atoms with van der Waals surface area (Å²) in [6.07, 6.45) is 3.79. The van der Waals surface area contributed by atoms with Crippen molar-refractivity contribution < 1.29 is 19.1 Å². The molecule has 0 saturated carbocycles. The van der Waals surface area contributed by atoms with Crippen LogP contribution in [0.3, 0.4) is 0 Å². The Bertz CT molecular complexity index is 295. The Morgan fingerprint density at radius 2 is 1.40 bits per heavy atom. The van der Waals surface area contributed by atoms with E-state index in [4.69, 9.17) is 9.47 Å². The number of methoxy groups -OCH3 is 2. The number of hydrogen-bond donors (Lipinski definition) is 1. The molecule has 0 spiro atoms. The van der Waals surface area contributed by atoms with Crippen LogP contribution < -0.4 is 5.32 Å². The Labute approximate surface area is 87.4 Å². The third-order valence-electron chi connectivity index (χ3n) is 3.02. The number of esters is 2. The topological polar surface area (TPSA) is 64.6 Å². The van der Waals surface area contributed by atoms with E-state index < -0.39 is 11.8 Å². The number of carbonyl (C=O) groups excluding carboxylic acids is 2. The van der Waals surface area contributed by atoms with Crippen molar-refractivity contribution in [3.63, 3.8) is 0 Å². The second-order valence-corrected chi connectivity index (χ2v) is 3.70. The summed E-state index contributed by atoms with van der Waals surface area (Å²) in [6.45, 7) is 0. The maximum atomic E-state index is 11.5. The molecule has 15 heavy (non-hydrogen) atoms. The maximum Gasteiger partial charge on any atom is 0.311 e. The van der Waals surface area contributed by atoms with Crippen LogP contribution >= 0.6 is 0 Å². The van der Waals surface area contributed by atoms with Crippen molar-refractivity contribution in [1.82, 2.24) is 5.32 Å². The van der Waals surface area contributed by atoms with E-state index in [1.165, 1.54) is 14.2 Å². The van der Waals surface area contributed by atoms with Crippen molar-refractivity contribution in [2.75, 3.05) is 14.2 Å². The zero-order chi connectivity index (χ0) is 11.0. The van der Waals surface area contributed by atoms with Crippen LogP contribution in [-0.4, -0.2) is 38.2 Å². The van der Waals surface area contributed by atoms with Gasteiger partial charge in [-0.2, -0.15) is 0 Å². The van der Waals surface area contributed by atoms with Gasteiger partial charge in [0.2, 0.25) is 0 Å². The first kappa shape index (κ1) is 10.2. The first-order valence-corrected chi connectivity index (χ1v) is 4.79. The predicted molar refractivity (Wildman–Crippen MR) is 50.9 cm³/mol. The van der Waals surface area contributed by atoms with E-state index in [1.54, 1.807) is 0 Å². The number of ether oxygens (including phenoxy) is 2. The third-order valence-corrected chi connectivity index (χ3v) is 3.02. The molecular formula is C10H13NO4. The number of fused-ring (bicyclic) bond motifs is 2. The molecule has 1 saturated heterocycles. The second-order valence-electron chi connectivity index (χ2n) is 3.70. The molecule has 0 aromatic carbocycles. The van der Waals surface area contributed by atoms with Crippen molar-refractivity contribution in [1.29, 1.82) is 0 Å². The van der Waals surface area contributed by atoms with Gasteiger partial charge in [-0.05, 0) is 0 Å². The fourth-order valence-electron chi connectivity index (χ4n) is 2.32. The van der Waals surface area contributed by atoms with Gasteiger partial charge in [0.05, 0.1) is 26.1 Å². The fourth-order valence-corrected chi connectivity index (χ4v) is 2.32. The Morgan fingerprint density at radius 3 is 1.73 bits per heavy atom. The molecule has 1 N–H and O–H groups in total. The fraction of sp³-hybridized carbons (Fsp3) is 0.600. The van der Waals surface area contributed by atoms with Gasteiger partial charge in [0, 0.05) is 12.1 Å². The lowest BCUT2D eigenvalue weighted by atomic mass is 9.83. The smallest absolute Gasteiger partial charge is 0.311 e. The van der Waals surface area contributed by atoms with E-state index >= 15 is 0 Å². The van der Waals surface area contributed by atoms with Crippen molar-refractivity contribution in [3.05, 3.63) is 12.2 Å². The normalized spacial score (nSPS) is 36.7. The van der Waals surface area contributed by atoms with Gasteiger partial charge in [-0.25, -0.2) is 0 Å². The largest absolute Gasteiger partial charge is 0.469 e. The van der Waals surface area contributed by atoms with Gasteiger partial charge in [0.15, 0.2) is 0 Å². The molecule has 2 rings (SSSR count). The molecule has 2 aliphatic heterocycles. The van der Waals surface area contributed by atoms with Gasteiger partial charge < -0.3 is 14.8 Å². The van der Waals surface area contributed by atoms with Crippen molar-refractivity contribution in [2.45, 2.75) is 12.1 Å². The Kier molecular flexibility index (Phi) is 2.48. The molecule has 4 unspecified atom stereocenters. The highest BCUT2D eigenvalue weighted by Crippen LogP contribution is 2.35. The van der Waals surface area contributed by atoms with Crippen LogP contribution in [0.5, 0.6) is 0 Å². The average Bonchev–Trinajstić information content (AvgIpc) is 2.86. The van der Waals surface area contributed by atoms with E-state index in [0.29, 0.717) is 0 Å². The molecule has 4 atom stereocenters. The molecule has 0 aliphatic carbocycles. The van der Waals surface area contributed by atoms with Gasteiger partial charge in [-0.15, -0.1) is 0 Å². The molecule has 0 radical (unpaired) electrons. The van der Waals surface area contributed by atoms with E-state index in [9.17, 15) is 9.59 Å². The van der Waals surface area contributed by atoms with Crippen molar-refractivity contribution >= 4 is 11.9 Å². The summed E-state index contributed by atoms with van der Waals surface area (Å²) in [7, 11) is 2.65. The highest BCUT2D eigenvalue weighted by atomic mass is 16.5. The summed E-state index contributed by atoms with van der Waals surface area (Å²) in [5.74, 6) is -1.65. The van der Waals surface area contributed by atoms with Crippen molar-refractivity contribution in [3.8, 4) is 0 Å². The first-order chi connectivity index (χ1) is 7.19. The van der Waals surface area contributed by atoms with Gasteiger partial charge in [-0.3, -0.25) is 9.59 Å². The zero-order valence-corrected chi connectivity index (χ0v) is 8.60. The molecule has 0 amide bonds. The number of nitrogens with one attached hydrogen (secondary N) is 1. The predicted octanol–water partition coefficient (Wildman–Crippen LogP) is -0.525. The molecule has 1 fully saturated rings. The third kappa shape index (κ3) is 1.43. The van der Waals surface area contributed by atoms with Crippen LogP contribution in [0.25, 0.3) is 0 Å². The lowest BCUT2D eigenvalue weighted by Crippen LogP contribution is -2.37. The van der Waals surface area contributed by atoms with Gasteiger partial charge in [-0.1, -0.05) is 12.2 Å². The summed E-state index contributed by atoms with van der Waals surface area (Å²) >= 11 is 0. The highest BCUT2D eigenvalue weighted by Gasteiger charge is 2.52. The quantitative estimate of drug-likeness (QED) is 0.491. The van der Waals surface area contributed by atoms with Gasteiger partial charge in [0.25, 0.3) is 0 Å². The maximum absolute atomic E-state index is 11.5. The van der Waals surface area contributed by atoms with Crippen LogP contribution in [0.2, 0.25) is 0 Å². The van der Waals surface area contributed by atoms with Crippen LogP contribution in [0.15, 0.2) is 12.2 Å². The summed E-state index contributed by atoms with van der Waals surface area (Å²) in [5.41, 5.74) is 0. The molecule has 0 aromatic heterocycles.